The molecule has 1 nitrogen and oxygen atoms in total. The monoisotopic (exact) mass is 212 g/mol. The Balaban J connectivity index is 2.47. The van der Waals surface area contributed by atoms with Crippen LogP contribution in [0, 0.1) is 0 Å². The van der Waals surface area contributed by atoms with Crippen molar-refractivity contribution in [2.45, 2.75) is 51.7 Å². The smallest absolute Gasteiger partial charge is 0.0810 e. The molecule has 1 unspecified atom stereocenters. The van der Waals surface area contributed by atoms with Crippen LogP contribution in [0.15, 0.2) is 11.6 Å². The van der Waals surface area contributed by atoms with E-state index in [0.29, 0.717) is 0 Å². The zero-order chi connectivity index (χ0) is 10.6. The summed E-state index contributed by atoms with van der Waals surface area (Å²) in [6.45, 7) is 10.2. The van der Waals surface area contributed by atoms with Crippen LogP contribution in [0.4, 0.5) is 0 Å². The van der Waals surface area contributed by atoms with Gasteiger partial charge in [-0.2, -0.15) is 0 Å². The van der Waals surface area contributed by atoms with Crippen LogP contribution in [0.25, 0.3) is 0 Å². The predicted octanol–water partition coefficient (Wildman–Crippen LogP) is 3.77. The second-order valence-electron chi connectivity index (χ2n) is 5.15. The molecule has 0 amide bonds. The minimum Gasteiger partial charge on any atom is -0.385 e. The van der Waals surface area contributed by atoms with Crippen LogP contribution < -0.4 is 0 Å². The van der Waals surface area contributed by atoms with Crippen molar-refractivity contribution >= 4 is 8.07 Å². The summed E-state index contributed by atoms with van der Waals surface area (Å²) in [7, 11) is -1.12. The van der Waals surface area contributed by atoms with E-state index >= 15 is 0 Å². The molecular formula is C12H24OSi. The predicted molar refractivity (Wildman–Crippen MR) is 65.3 cm³/mol. The van der Waals surface area contributed by atoms with Crippen molar-refractivity contribution in [1.82, 2.24) is 0 Å². The first-order valence-electron chi connectivity index (χ1n) is 5.79. The zero-order valence-electron chi connectivity index (χ0n) is 10.1. The summed E-state index contributed by atoms with van der Waals surface area (Å²) in [6, 6.07) is 0. The highest BCUT2D eigenvalue weighted by molar-refractivity contribution is 6.78. The van der Waals surface area contributed by atoms with E-state index in [1.54, 1.807) is 5.57 Å². The Labute approximate surface area is 89.6 Å². The van der Waals surface area contributed by atoms with Crippen molar-refractivity contribution in [1.29, 1.82) is 0 Å². The number of ether oxygens (including phenoxy) is 1. The van der Waals surface area contributed by atoms with Gasteiger partial charge < -0.3 is 4.74 Å². The molecule has 0 N–H and O–H groups in total. The maximum atomic E-state index is 5.62. The molecule has 1 atom stereocenters. The highest BCUT2D eigenvalue weighted by atomic mass is 28.3. The van der Waals surface area contributed by atoms with Gasteiger partial charge in [-0.15, -0.1) is 0 Å². The summed E-state index contributed by atoms with van der Waals surface area (Å²) >= 11 is 0. The fourth-order valence-electron chi connectivity index (χ4n) is 2.16. The first kappa shape index (κ1) is 12.0. The molecule has 0 aromatic rings. The van der Waals surface area contributed by atoms with Gasteiger partial charge in [-0.25, -0.2) is 0 Å². The van der Waals surface area contributed by atoms with Crippen molar-refractivity contribution in [3.8, 4) is 0 Å². The lowest BCUT2D eigenvalue weighted by Gasteiger charge is -2.34. The minimum absolute atomic E-state index is 0.873. The van der Waals surface area contributed by atoms with Crippen molar-refractivity contribution in [3.05, 3.63) is 11.6 Å². The van der Waals surface area contributed by atoms with Gasteiger partial charge in [0.1, 0.15) is 0 Å². The quantitative estimate of drug-likeness (QED) is 0.509. The Hall–Kier alpha value is -0.0831. The van der Waals surface area contributed by atoms with Gasteiger partial charge in [0.05, 0.1) is 8.07 Å². The maximum Gasteiger partial charge on any atom is 0.0810 e. The van der Waals surface area contributed by atoms with Gasteiger partial charge in [-0.1, -0.05) is 24.7 Å². The first-order valence-corrected chi connectivity index (χ1v) is 9.08. The molecule has 82 valence electrons. The lowest BCUT2D eigenvalue weighted by Crippen LogP contribution is -2.39. The van der Waals surface area contributed by atoms with E-state index in [0.717, 1.165) is 18.4 Å². The molecule has 0 saturated heterocycles. The molecule has 0 aromatic heterocycles. The largest absolute Gasteiger partial charge is 0.385 e. The second-order valence-corrected chi connectivity index (χ2v) is 10.2. The standard InChI is InChI=1S/C12H24OSi/c1-5-13-10-14(3,4)12-8-6-11(2)7-9-12/h6,12H,5,7-10H2,1-4H3. The molecule has 0 fully saturated rings. The fraction of sp³-hybridized carbons (Fsp3) is 0.833. The normalized spacial score (nSPS) is 23.4. The highest BCUT2D eigenvalue weighted by Gasteiger charge is 2.32. The van der Waals surface area contributed by atoms with Crippen LogP contribution in [0.1, 0.15) is 33.1 Å². The molecule has 0 aromatic carbocycles. The van der Waals surface area contributed by atoms with Gasteiger partial charge in [0.2, 0.25) is 0 Å². The Morgan fingerprint density at radius 2 is 2.21 bits per heavy atom. The van der Waals surface area contributed by atoms with E-state index < -0.39 is 8.07 Å². The number of allylic oxidation sites excluding steroid dienone is 2. The summed E-state index contributed by atoms with van der Waals surface area (Å²) in [6.07, 6.45) is 7.50. The summed E-state index contributed by atoms with van der Waals surface area (Å²) < 4.78 is 5.62. The SMILES string of the molecule is CCOC[Si](C)(C)C1CC=C(C)CC1. The third kappa shape index (κ3) is 3.25. The molecule has 1 rings (SSSR count). The Kier molecular flexibility index (Phi) is 4.39. The van der Waals surface area contributed by atoms with Gasteiger partial charge >= 0.3 is 0 Å². The Morgan fingerprint density at radius 1 is 1.50 bits per heavy atom. The van der Waals surface area contributed by atoms with Gasteiger partial charge in [0.25, 0.3) is 0 Å². The number of hydrogen-bond acceptors (Lipinski definition) is 1. The van der Waals surface area contributed by atoms with E-state index in [9.17, 15) is 0 Å². The molecule has 0 spiro atoms. The molecule has 0 saturated carbocycles. The van der Waals surface area contributed by atoms with Crippen LogP contribution in [-0.4, -0.2) is 20.9 Å². The second kappa shape index (κ2) is 5.13. The van der Waals surface area contributed by atoms with Gasteiger partial charge in [-0.05, 0) is 38.7 Å². The van der Waals surface area contributed by atoms with Crippen LogP contribution in [0.2, 0.25) is 18.6 Å². The summed E-state index contributed by atoms with van der Waals surface area (Å²) in [5.74, 6) is 0. The topological polar surface area (TPSA) is 9.23 Å². The molecule has 2 heteroatoms. The molecular weight excluding hydrogens is 188 g/mol. The zero-order valence-corrected chi connectivity index (χ0v) is 11.1. The van der Waals surface area contributed by atoms with E-state index in [1.165, 1.54) is 19.3 Å². The average molecular weight is 212 g/mol. The summed E-state index contributed by atoms with van der Waals surface area (Å²) in [5, 5.41) is 0. The third-order valence-corrected chi connectivity index (χ3v) is 7.10. The van der Waals surface area contributed by atoms with Crippen LogP contribution >= 0.6 is 0 Å². The maximum absolute atomic E-state index is 5.62. The third-order valence-electron chi connectivity index (χ3n) is 3.42. The summed E-state index contributed by atoms with van der Waals surface area (Å²) in [5.41, 5.74) is 2.53. The van der Waals surface area contributed by atoms with Crippen molar-refractivity contribution in [2.75, 3.05) is 12.8 Å². The van der Waals surface area contributed by atoms with Crippen molar-refractivity contribution < 1.29 is 4.74 Å². The van der Waals surface area contributed by atoms with Gasteiger partial charge in [-0.3, -0.25) is 0 Å². The lowest BCUT2D eigenvalue weighted by molar-refractivity contribution is 0.186. The number of hydrogen-bond donors (Lipinski definition) is 0. The molecule has 1 aliphatic carbocycles. The Morgan fingerprint density at radius 3 is 2.71 bits per heavy atom. The van der Waals surface area contributed by atoms with Gasteiger partial charge in [0.15, 0.2) is 0 Å². The lowest BCUT2D eigenvalue weighted by atomic mass is 10.0. The first-order chi connectivity index (χ1) is 6.56. The fourth-order valence-corrected chi connectivity index (χ4v) is 4.81. The van der Waals surface area contributed by atoms with E-state index in [-0.39, 0.29) is 0 Å². The van der Waals surface area contributed by atoms with Crippen LogP contribution in [0.3, 0.4) is 0 Å². The minimum atomic E-state index is -1.12. The van der Waals surface area contributed by atoms with Crippen LogP contribution in [0.5, 0.6) is 0 Å². The van der Waals surface area contributed by atoms with E-state index in [2.05, 4.69) is 33.0 Å². The van der Waals surface area contributed by atoms with Crippen molar-refractivity contribution in [2.24, 2.45) is 0 Å². The van der Waals surface area contributed by atoms with Gasteiger partial charge in [0, 0.05) is 12.8 Å². The molecule has 0 heterocycles. The molecule has 0 bridgehead atoms. The van der Waals surface area contributed by atoms with E-state index in [1.807, 2.05) is 0 Å². The highest BCUT2D eigenvalue weighted by Crippen LogP contribution is 2.36. The van der Waals surface area contributed by atoms with E-state index in [4.69, 9.17) is 4.74 Å². The van der Waals surface area contributed by atoms with Crippen molar-refractivity contribution in [3.63, 3.8) is 0 Å². The summed E-state index contributed by atoms with van der Waals surface area (Å²) in [4.78, 5) is 0. The van der Waals surface area contributed by atoms with Crippen LogP contribution in [-0.2, 0) is 4.74 Å². The molecule has 1 aliphatic rings. The molecule has 14 heavy (non-hydrogen) atoms. The number of rotatable bonds is 4. The molecule has 0 radical (unpaired) electrons. The molecule has 0 aliphatic heterocycles. The Bertz CT molecular complexity index is 208. The average Bonchev–Trinajstić information content (AvgIpc) is 2.16.